The molecule has 0 saturated heterocycles. The van der Waals surface area contributed by atoms with Crippen LogP contribution >= 0.6 is 15.9 Å². The maximum absolute atomic E-state index is 12.1. The second-order valence-electron chi connectivity index (χ2n) is 5.74. The van der Waals surface area contributed by atoms with E-state index >= 15 is 0 Å². The summed E-state index contributed by atoms with van der Waals surface area (Å²) in [7, 11) is 1.67. The Hall–Kier alpha value is -1.10. The van der Waals surface area contributed by atoms with Gasteiger partial charge in [-0.3, -0.25) is 9.59 Å². The highest BCUT2D eigenvalue weighted by Crippen LogP contribution is 2.37. The van der Waals surface area contributed by atoms with Gasteiger partial charge in [0.25, 0.3) is 11.5 Å². The van der Waals surface area contributed by atoms with Gasteiger partial charge in [0.2, 0.25) is 0 Å². The van der Waals surface area contributed by atoms with Gasteiger partial charge < -0.3 is 9.88 Å². The van der Waals surface area contributed by atoms with Crippen molar-refractivity contribution in [3.8, 4) is 0 Å². The van der Waals surface area contributed by atoms with Gasteiger partial charge in [0.15, 0.2) is 0 Å². The molecule has 1 aliphatic rings. The predicted molar refractivity (Wildman–Crippen MR) is 83.3 cm³/mol. The molecule has 1 aromatic rings. The lowest BCUT2D eigenvalue weighted by atomic mass is 9.75. The van der Waals surface area contributed by atoms with Gasteiger partial charge in [-0.2, -0.15) is 0 Å². The average molecular weight is 341 g/mol. The number of carbonyl (C=O) groups is 1. The van der Waals surface area contributed by atoms with Crippen molar-refractivity contribution >= 4 is 21.8 Å². The molecule has 110 valence electrons. The highest BCUT2D eigenvalue weighted by Gasteiger charge is 2.31. The molecule has 1 aromatic heterocycles. The Kier molecular flexibility index (Phi) is 5.02. The van der Waals surface area contributed by atoms with Crippen LogP contribution in [0.2, 0.25) is 0 Å². The van der Waals surface area contributed by atoms with E-state index in [2.05, 4.69) is 21.2 Å². The van der Waals surface area contributed by atoms with E-state index in [0.717, 1.165) is 18.2 Å². The summed E-state index contributed by atoms with van der Waals surface area (Å²) in [5.74, 6) is -0.159. The molecule has 0 aromatic carbocycles. The molecule has 0 radical (unpaired) electrons. The summed E-state index contributed by atoms with van der Waals surface area (Å²) < 4.78 is 1.46. The lowest BCUT2D eigenvalue weighted by Crippen LogP contribution is -2.40. The third kappa shape index (κ3) is 3.51. The third-order valence-corrected chi connectivity index (χ3v) is 5.38. The summed E-state index contributed by atoms with van der Waals surface area (Å²) in [5, 5.41) is 3.90. The number of alkyl halides is 1. The number of carbonyl (C=O) groups excluding carboxylic acids is 1. The third-order valence-electron chi connectivity index (χ3n) is 4.19. The average Bonchev–Trinajstić information content (AvgIpc) is 2.48. The molecular formula is C15H21BrN2O2. The SMILES string of the molecule is Cn1ccc(C(=O)NCC2(CBr)CCCCC2)cc1=O. The van der Waals surface area contributed by atoms with E-state index in [1.54, 1.807) is 19.3 Å². The minimum atomic E-state index is -0.162. The number of hydrogen-bond acceptors (Lipinski definition) is 2. The molecule has 5 heteroatoms. The van der Waals surface area contributed by atoms with Gasteiger partial charge >= 0.3 is 0 Å². The molecule has 1 aliphatic carbocycles. The van der Waals surface area contributed by atoms with Crippen LogP contribution in [0.1, 0.15) is 42.5 Å². The molecule has 0 spiro atoms. The van der Waals surface area contributed by atoms with Crippen molar-refractivity contribution in [1.82, 2.24) is 9.88 Å². The first-order valence-corrected chi connectivity index (χ1v) is 8.19. The summed E-state index contributed by atoms with van der Waals surface area (Å²) in [4.78, 5) is 23.7. The summed E-state index contributed by atoms with van der Waals surface area (Å²) in [5.41, 5.74) is 0.451. The van der Waals surface area contributed by atoms with E-state index in [0.29, 0.717) is 12.1 Å². The van der Waals surface area contributed by atoms with Gasteiger partial charge in [0.05, 0.1) is 0 Å². The molecule has 0 bridgehead atoms. The molecule has 20 heavy (non-hydrogen) atoms. The van der Waals surface area contributed by atoms with Gasteiger partial charge in [0.1, 0.15) is 0 Å². The van der Waals surface area contributed by atoms with Crippen molar-refractivity contribution < 1.29 is 4.79 Å². The molecular weight excluding hydrogens is 320 g/mol. The normalized spacial score (nSPS) is 17.7. The number of aromatic nitrogens is 1. The first-order chi connectivity index (χ1) is 9.56. The summed E-state index contributed by atoms with van der Waals surface area (Å²) in [6.45, 7) is 0.673. The number of hydrogen-bond donors (Lipinski definition) is 1. The Bertz CT molecular complexity index is 533. The minimum Gasteiger partial charge on any atom is -0.351 e. The van der Waals surface area contributed by atoms with Crippen LogP contribution in [0, 0.1) is 5.41 Å². The Balaban J connectivity index is 2.00. The highest BCUT2D eigenvalue weighted by atomic mass is 79.9. The van der Waals surface area contributed by atoms with Gasteiger partial charge in [-0.05, 0) is 24.3 Å². The van der Waals surface area contributed by atoms with E-state index in [-0.39, 0.29) is 16.9 Å². The second-order valence-corrected chi connectivity index (χ2v) is 6.30. The fraction of sp³-hybridized carbons (Fsp3) is 0.600. The number of amides is 1. The molecule has 1 amide bonds. The Morgan fingerprint density at radius 1 is 1.40 bits per heavy atom. The first kappa shape index (κ1) is 15.3. The summed E-state index contributed by atoms with van der Waals surface area (Å²) >= 11 is 3.59. The fourth-order valence-corrected chi connectivity index (χ4v) is 3.48. The number of halogens is 1. The molecule has 2 rings (SSSR count). The van der Waals surface area contributed by atoms with Crippen molar-refractivity contribution in [2.45, 2.75) is 32.1 Å². The number of pyridine rings is 1. The molecule has 0 aliphatic heterocycles. The smallest absolute Gasteiger partial charge is 0.251 e. The zero-order valence-electron chi connectivity index (χ0n) is 11.8. The van der Waals surface area contributed by atoms with Crippen LogP contribution in [-0.4, -0.2) is 22.3 Å². The van der Waals surface area contributed by atoms with Crippen LogP contribution < -0.4 is 10.9 Å². The van der Waals surface area contributed by atoms with Crippen molar-refractivity contribution in [3.63, 3.8) is 0 Å². The first-order valence-electron chi connectivity index (χ1n) is 7.07. The van der Waals surface area contributed by atoms with Crippen LogP contribution in [0.25, 0.3) is 0 Å². The molecule has 0 unspecified atom stereocenters. The van der Waals surface area contributed by atoms with Gasteiger partial charge in [-0.1, -0.05) is 35.2 Å². The van der Waals surface area contributed by atoms with Crippen LogP contribution in [-0.2, 0) is 7.05 Å². The lowest BCUT2D eigenvalue weighted by molar-refractivity contribution is 0.0921. The van der Waals surface area contributed by atoms with Crippen LogP contribution in [0.15, 0.2) is 23.1 Å². The molecule has 4 nitrogen and oxygen atoms in total. The Labute approximate surface area is 127 Å². The summed E-state index contributed by atoms with van der Waals surface area (Å²) in [6, 6.07) is 3.06. The quantitative estimate of drug-likeness (QED) is 0.856. The van der Waals surface area contributed by atoms with Gasteiger partial charge in [-0.15, -0.1) is 0 Å². The van der Waals surface area contributed by atoms with E-state index in [4.69, 9.17) is 0 Å². The lowest BCUT2D eigenvalue weighted by Gasteiger charge is -2.35. The second kappa shape index (κ2) is 6.57. The van der Waals surface area contributed by atoms with E-state index in [1.807, 2.05) is 0 Å². The molecule has 1 fully saturated rings. The predicted octanol–water partition coefficient (Wildman–Crippen LogP) is 2.46. The molecule has 0 atom stereocenters. The highest BCUT2D eigenvalue weighted by molar-refractivity contribution is 9.09. The standard InChI is InChI=1S/C15H21BrN2O2/c1-18-8-5-12(9-13(18)19)14(20)17-11-15(10-16)6-3-2-4-7-15/h5,8-9H,2-4,6-7,10-11H2,1H3,(H,17,20). The number of aryl methyl sites for hydroxylation is 1. The van der Waals surface area contributed by atoms with Crippen LogP contribution in [0.4, 0.5) is 0 Å². The van der Waals surface area contributed by atoms with E-state index in [1.165, 1.54) is 29.9 Å². The van der Waals surface area contributed by atoms with Gasteiger partial charge in [-0.25, -0.2) is 0 Å². The van der Waals surface area contributed by atoms with Crippen molar-refractivity contribution in [2.24, 2.45) is 12.5 Å². The Morgan fingerprint density at radius 2 is 2.10 bits per heavy atom. The zero-order chi connectivity index (χ0) is 14.6. The zero-order valence-corrected chi connectivity index (χ0v) is 13.4. The number of nitrogens with one attached hydrogen (secondary N) is 1. The van der Waals surface area contributed by atoms with Gasteiger partial charge in [0, 0.05) is 36.7 Å². The molecule has 1 heterocycles. The maximum Gasteiger partial charge on any atom is 0.251 e. The fourth-order valence-electron chi connectivity index (χ4n) is 2.72. The Morgan fingerprint density at radius 3 is 2.70 bits per heavy atom. The maximum atomic E-state index is 12.1. The topological polar surface area (TPSA) is 51.1 Å². The van der Waals surface area contributed by atoms with E-state index < -0.39 is 0 Å². The monoisotopic (exact) mass is 340 g/mol. The van der Waals surface area contributed by atoms with Crippen LogP contribution in [0.3, 0.4) is 0 Å². The molecule has 1 N–H and O–H groups in total. The summed E-state index contributed by atoms with van der Waals surface area (Å²) in [6.07, 6.45) is 7.67. The minimum absolute atomic E-state index is 0.159. The molecule has 1 saturated carbocycles. The van der Waals surface area contributed by atoms with Crippen molar-refractivity contribution in [2.75, 3.05) is 11.9 Å². The van der Waals surface area contributed by atoms with E-state index in [9.17, 15) is 9.59 Å². The van der Waals surface area contributed by atoms with Crippen molar-refractivity contribution in [1.29, 1.82) is 0 Å². The van der Waals surface area contributed by atoms with Crippen LogP contribution in [0.5, 0.6) is 0 Å². The number of rotatable bonds is 4. The number of nitrogens with zero attached hydrogens (tertiary/aromatic N) is 1. The largest absolute Gasteiger partial charge is 0.351 e. The van der Waals surface area contributed by atoms with Crippen molar-refractivity contribution in [3.05, 3.63) is 34.2 Å².